The number of carbonyl (C=O) groups is 1. The van der Waals surface area contributed by atoms with Gasteiger partial charge in [0.15, 0.2) is 0 Å². The first-order chi connectivity index (χ1) is 13.7. The zero-order valence-corrected chi connectivity index (χ0v) is 16.1. The highest BCUT2D eigenvalue weighted by molar-refractivity contribution is 6.34. The smallest absolute Gasteiger partial charge is 0.258 e. The van der Waals surface area contributed by atoms with Gasteiger partial charge >= 0.3 is 0 Å². The highest BCUT2D eigenvalue weighted by Crippen LogP contribution is 2.44. The van der Waals surface area contributed by atoms with Gasteiger partial charge in [-0.1, -0.05) is 29.7 Å². The predicted octanol–water partition coefficient (Wildman–Crippen LogP) is 2.98. The van der Waals surface area contributed by atoms with Crippen LogP contribution in [0.3, 0.4) is 0 Å². The third-order valence-electron chi connectivity index (χ3n) is 5.25. The van der Waals surface area contributed by atoms with Crippen molar-refractivity contribution < 1.29 is 9.32 Å². The van der Waals surface area contributed by atoms with Crippen LogP contribution in [0.2, 0.25) is 5.02 Å². The van der Waals surface area contributed by atoms with Gasteiger partial charge in [0.1, 0.15) is 12.0 Å². The maximum absolute atomic E-state index is 13.0. The lowest BCUT2D eigenvalue weighted by Crippen LogP contribution is -2.44. The Labute approximate surface area is 166 Å². The second-order valence-corrected chi connectivity index (χ2v) is 7.38. The third-order valence-corrected chi connectivity index (χ3v) is 5.56. The lowest BCUT2D eigenvalue weighted by molar-refractivity contribution is 0.0461. The summed E-state index contributed by atoms with van der Waals surface area (Å²) in [5.41, 5.74) is 2.78. The van der Waals surface area contributed by atoms with E-state index in [1.165, 1.54) is 0 Å². The molecule has 3 aromatic rings. The van der Waals surface area contributed by atoms with Crippen LogP contribution < -0.4 is 5.32 Å². The van der Waals surface area contributed by atoms with Gasteiger partial charge in [-0.2, -0.15) is 4.98 Å². The lowest BCUT2D eigenvalue weighted by atomic mass is 9.97. The van der Waals surface area contributed by atoms with Gasteiger partial charge in [-0.25, -0.2) is 4.98 Å². The van der Waals surface area contributed by atoms with Gasteiger partial charge in [0.05, 0.1) is 34.6 Å². The minimum atomic E-state index is -0.0753. The summed E-state index contributed by atoms with van der Waals surface area (Å²) >= 11 is 6.37. The number of fused-ring (bicyclic) bond motifs is 5. The zero-order chi connectivity index (χ0) is 19.3. The minimum absolute atomic E-state index is 0.0518. The summed E-state index contributed by atoms with van der Waals surface area (Å²) in [6, 6.07) is 5.39. The van der Waals surface area contributed by atoms with Crippen molar-refractivity contribution in [2.24, 2.45) is 0 Å². The summed E-state index contributed by atoms with van der Waals surface area (Å²) in [7, 11) is 0. The molecule has 1 saturated heterocycles. The maximum atomic E-state index is 13.0. The number of rotatable bonds is 5. The van der Waals surface area contributed by atoms with Crippen molar-refractivity contribution in [2.45, 2.75) is 32.4 Å². The van der Waals surface area contributed by atoms with Gasteiger partial charge in [-0.15, -0.1) is 0 Å². The number of carbonyl (C=O) groups excluding carboxylic acids is 1. The lowest BCUT2D eigenvalue weighted by Gasteiger charge is -2.39. The topological polar surface area (TPSA) is 89.1 Å². The molecule has 1 amide bonds. The minimum Gasteiger partial charge on any atom is -0.337 e. The molecule has 28 heavy (non-hydrogen) atoms. The van der Waals surface area contributed by atoms with Crippen molar-refractivity contribution in [3.8, 4) is 17.2 Å². The van der Waals surface area contributed by atoms with Crippen LogP contribution in [-0.2, 0) is 6.54 Å². The Morgan fingerprint density at radius 3 is 3.07 bits per heavy atom. The molecule has 1 N–H and O–H groups in total. The summed E-state index contributed by atoms with van der Waals surface area (Å²) in [5.74, 6) is 0.903. The van der Waals surface area contributed by atoms with Crippen LogP contribution in [0.15, 0.2) is 29.0 Å². The summed E-state index contributed by atoms with van der Waals surface area (Å²) in [4.78, 5) is 23.9. The molecule has 9 heteroatoms. The van der Waals surface area contributed by atoms with Crippen molar-refractivity contribution in [2.75, 3.05) is 13.1 Å². The Morgan fingerprint density at radius 1 is 1.39 bits per heavy atom. The quantitative estimate of drug-likeness (QED) is 0.664. The standard InChI is InChI=1S/C19H19ClN6O2/c1-2-7-21-9-14-23-18(24-28-14)16-17-13-6-8-25(13)19(27)15-11(20)4-3-5-12(15)26(17)10-22-16/h3-5,10,13,21H,2,6-9H2,1H3/t13-/m0/s1. The van der Waals surface area contributed by atoms with Gasteiger partial charge in [0.2, 0.25) is 11.7 Å². The molecule has 1 aromatic carbocycles. The summed E-state index contributed by atoms with van der Waals surface area (Å²) in [6.07, 6.45) is 3.60. The van der Waals surface area contributed by atoms with Crippen molar-refractivity contribution in [1.29, 1.82) is 0 Å². The first-order valence-electron chi connectivity index (χ1n) is 9.39. The summed E-state index contributed by atoms with van der Waals surface area (Å²) < 4.78 is 7.31. The molecule has 2 aromatic heterocycles. The number of nitrogens with zero attached hydrogens (tertiary/aromatic N) is 5. The molecule has 144 valence electrons. The van der Waals surface area contributed by atoms with E-state index in [2.05, 4.69) is 27.4 Å². The number of amides is 1. The highest BCUT2D eigenvalue weighted by Gasteiger charge is 2.43. The molecule has 0 aliphatic carbocycles. The van der Waals surface area contributed by atoms with Crippen LogP contribution in [0.1, 0.15) is 47.7 Å². The Bertz CT molecular complexity index is 1060. The van der Waals surface area contributed by atoms with Crippen LogP contribution in [0.4, 0.5) is 0 Å². The fraction of sp³-hybridized carbons (Fsp3) is 0.368. The number of benzene rings is 1. The molecule has 2 aliphatic rings. The molecule has 0 unspecified atom stereocenters. The largest absolute Gasteiger partial charge is 0.337 e. The molecule has 0 bridgehead atoms. The third kappa shape index (κ3) is 2.56. The monoisotopic (exact) mass is 398 g/mol. The van der Waals surface area contributed by atoms with Crippen molar-refractivity contribution in [3.63, 3.8) is 0 Å². The van der Waals surface area contributed by atoms with Crippen molar-refractivity contribution in [3.05, 3.63) is 46.7 Å². The fourth-order valence-electron chi connectivity index (χ4n) is 3.82. The molecule has 0 spiro atoms. The average Bonchev–Trinajstić information content (AvgIpc) is 3.26. The first kappa shape index (κ1) is 17.4. The first-order valence-corrected chi connectivity index (χ1v) is 9.77. The van der Waals surface area contributed by atoms with E-state index in [-0.39, 0.29) is 11.9 Å². The second kappa shape index (κ2) is 6.72. The van der Waals surface area contributed by atoms with Crippen LogP contribution in [0.25, 0.3) is 17.2 Å². The van der Waals surface area contributed by atoms with E-state index in [0.29, 0.717) is 41.1 Å². The van der Waals surface area contributed by atoms with Gasteiger partial charge < -0.3 is 14.7 Å². The van der Waals surface area contributed by atoms with E-state index in [4.69, 9.17) is 16.1 Å². The second-order valence-electron chi connectivity index (χ2n) is 6.97. The Kier molecular flexibility index (Phi) is 4.17. The van der Waals surface area contributed by atoms with Gasteiger partial charge in [-0.3, -0.25) is 9.36 Å². The molecule has 4 heterocycles. The van der Waals surface area contributed by atoms with E-state index in [1.54, 1.807) is 12.4 Å². The molecule has 5 rings (SSSR count). The van der Waals surface area contributed by atoms with Crippen LogP contribution >= 0.6 is 11.6 Å². The van der Waals surface area contributed by atoms with Gasteiger partial charge in [0, 0.05) is 6.54 Å². The Hall–Kier alpha value is -2.71. The van der Waals surface area contributed by atoms with Gasteiger partial charge in [-0.05, 0) is 31.5 Å². The van der Waals surface area contributed by atoms with Gasteiger partial charge in [0.25, 0.3) is 5.91 Å². The SMILES string of the molecule is CCCNCc1nc(-c2ncn3c2[C@@H]2CCN2C(=O)c2c(Cl)cccc2-3)no1. The van der Waals surface area contributed by atoms with Crippen LogP contribution in [0.5, 0.6) is 0 Å². The molecule has 1 atom stereocenters. The fourth-order valence-corrected chi connectivity index (χ4v) is 4.07. The van der Waals surface area contributed by atoms with Crippen LogP contribution in [-0.4, -0.2) is 43.6 Å². The zero-order valence-electron chi connectivity index (χ0n) is 15.4. The number of nitrogens with one attached hydrogen (secondary N) is 1. The average molecular weight is 399 g/mol. The summed E-state index contributed by atoms with van der Waals surface area (Å²) in [6.45, 7) is 4.19. The molecular formula is C19H19ClN6O2. The Balaban J connectivity index is 1.60. The highest BCUT2D eigenvalue weighted by atomic mass is 35.5. The molecule has 0 radical (unpaired) electrons. The molecule has 0 saturated carbocycles. The molecular weight excluding hydrogens is 380 g/mol. The van der Waals surface area contributed by atoms with E-state index < -0.39 is 0 Å². The molecule has 8 nitrogen and oxygen atoms in total. The molecule has 2 aliphatic heterocycles. The predicted molar refractivity (Wildman–Crippen MR) is 102 cm³/mol. The van der Waals surface area contributed by atoms with E-state index in [9.17, 15) is 4.79 Å². The maximum Gasteiger partial charge on any atom is 0.258 e. The molecule has 1 fully saturated rings. The number of hydrogen-bond donors (Lipinski definition) is 1. The van der Waals surface area contributed by atoms with Crippen molar-refractivity contribution >= 4 is 17.5 Å². The Morgan fingerprint density at radius 2 is 2.29 bits per heavy atom. The normalized spacial score (nSPS) is 17.6. The number of imidazole rings is 1. The number of halogens is 1. The number of hydrogen-bond acceptors (Lipinski definition) is 6. The van der Waals surface area contributed by atoms with E-state index in [1.807, 2.05) is 21.6 Å². The van der Waals surface area contributed by atoms with Crippen LogP contribution in [0, 0.1) is 0 Å². The number of aromatic nitrogens is 4. The van der Waals surface area contributed by atoms with Crippen molar-refractivity contribution in [1.82, 2.24) is 29.9 Å². The summed E-state index contributed by atoms with van der Waals surface area (Å²) in [5, 5.41) is 7.81. The van der Waals surface area contributed by atoms with E-state index >= 15 is 0 Å². The van der Waals surface area contributed by atoms with E-state index in [0.717, 1.165) is 30.8 Å².